The third-order valence-electron chi connectivity index (χ3n) is 5.27. The Kier molecular flexibility index (Phi) is 5.74. The summed E-state index contributed by atoms with van der Waals surface area (Å²) < 4.78 is 14.1. The fourth-order valence-electron chi connectivity index (χ4n) is 3.91. The van der Waals surface area contributed by atoms with Crippen LogP contribution in [0.25, 0.3) is 0 Å². The minimum Gasteiger partial charge on any atom is -0.339 e. The largest absolute Gasteiger partial charge is 0.339 e. The molecule has 0 amide bonds. The van der Waals surface area contributed by atoms with E-state index in [1.54, 1.807) is 18.2 Å². The lowest BCUT2D eigenvalue weighted by Crippen LogP contribution is -2.53. The van der Waals surface area contributed by atoms with Gasteiger partial charge in [0.25, 0.3) is 0 Å². The Morgan fingerprint density at radius 1 is 0.897 bits per heavy atom. The van der Waals surface area contributed by atoms with Gasteiger partial charge < -0.3 is 32.3 Å². The van der Waals surface area contributed by atoms with Gasteiger partial charge in [-0.1, -0.05) is 12.1 Å². The number of nitrogens with two attached hydrogens (primary N) is 3. The third-order valence-corrected chi connectivity index (χ3v) is 5.27. The summed E-state index contributed by atoms with van der Waals surface area (Å²) >= 11 is 0. The SMILES string of the molecule is N[C@@H]1C[C@H](N)CN(c2nc(Nc3ccccc3F)nc(N3CCC[C@H](N)C3)n2)C1. The number of para-hydroxylation sites is 1. The lowest BCUT2D eigenvalue weighted by atomic mass is 10.0. The quantitative estimate of drug-likeness (QED) is 0.579. The van der Waals surface area contributed by atoms with Crippen LogP contribution in [-0.4, -0.2) is 59.3 Å². The molecule has 2 aromatic rings. The number of nitrogens with one attached hydrogen (secondary N) is 1. The van der Waals surface area contributed by atoms with E-state index in [1.165, 1.54) is 6.07 Å². The van der Waals surface area contributed by atoms with Crippen LogP contribution in [-0.2, 0) is 0 Å². The van der Waals surface area contributed by atoms with Crippen molar-refractivity contribution < 1.29 is 4.39 Å². The number of anilines is 4. The van der Waals surface area contributed by atoms with Crippen LogP contribution < -0.4 is 32.3 Å². The van der Waals surface area contributed by atoms with E-state index >= 15 is 0 Å². The lowest BCUT2D eigenvalue weighted by molar-refractivity contribution is 0.446. The number of aromatic nitrogens is 3. The number of piperidine rings is 2. The van der Waals surface area contributed by atoms with Gasteiger partial charge >= 0.3 is 0 Å². The van der Waals surface area contributed by atoms with E-state index < -0.39 is 0 Å². The smallest absolute Gasteiger partial charge is 0.233 e. The molecular formula is C19H28FN9. The Morgan fingerprint density at radius 3 is 2.24 bits per heavy atom. The first-order valence-corrected chi connectivity index (χ1v) is 10.0. The highest BCUT2D eigenvalue weighted by molar-refractivity contribution is 5.57. The van der Waals surface area contributed by atoms with Crippen LogP contribution in [0, 0.1) is 5.82 Å². The van der Waals surface area contributed by atoms with Crippen LogP contribution in [0.2, 0.25) is 0 Å². The predicted octanol–water partition coefficient (Wildman–Crippen LogP) is 0.547. The second kappa shape index (κ2) is 8.44. The summed E-state index contributed by atoms with van der Waals surface area (Å²) in [6, 6.07) is 6.39. The molecule has 0 saturated carbocycles. The molecule has 4 rings (SSSR count). The molecule has 7 N–H and O–H groups in total. The van der Waals surface area contributed by atoms with Crippen molar-refractivity contribution in [2.24, 2.45) is 17.2 Å². The van der Waals surface area contributed by atoms with Gasteiger partial charge in [-0.05, 0) is 31.4 Å². The second-order valence-corrected chi connectivity index (χ2v) is 7.87. The molecule has 0 radical (unpaired) electrons. The van der Waals surface area contributed by atoms with Crippen LogP contribution in [0.1, 0.15) is 19.3 Å². The van der Waals surface area contributed by atoms with Gasteiger partial charge in [0.2, 0.25) is 17.8 Å². The van der Waals surface area contributed by atoms with Crippen molar-refractivity contribution >= 4 is 23.5 Å². The maximum absolute atomic E-state index is 14.1. The monoisotopic (exact) mass is 401 g/mol. The molecule has 3 heterocycles. The molecule has 0 aliphatic carbocycles. The molecule has 9 nitrogen and oxygen atoms in total. The van der Waals surface area contributed by atoms with Crippen LogP contribution in [0.4, 0.5) is 27.9 Å². The first-order chi connectivity index (χ1) is 14.0. The van der Waals surface area contributed by atoms with Crippen molar-refractivity contribution in [1.82, 2.24) is 15.0 Å². The fraction of sp³-hybridized carbons (Fsp3) is 0.526. The third kappa shape index (κ3) is 4.72. The van der Waals surface area contributed by atoms with Gasteiger partial charge in [-0.25, -0.2) is 4.39 Å². The number of hydrogen-bond acceptors (Lipinski definition) is 9. The van der Waals surface area contributed by atoms with E-state index in [2.05, 4.69) is 25.2 Å². The van der Waals surface area contributed by atoms with Crippen molar-refractivity contribution in [2.45, 2.75) is 37.4 Å². The molecule has 2 aliphatic rings. The maximum Gasteiger partial charge on any atom is 0.233 e. The summed E-state index contributed by atoms with van der Waals surface area (Å²) in [5, 5.41) is 2.98. The van der Waals surface area contributed by atoms with Crippen molar-refractivity contribution in [3.05, 3.63) is 30.1 Å². The number of benzene rings is 1. The molecule has 0 spiro atoms. The zero-order chi connectivity index (χ0) is 20.4. The molecule has 2 aliphatic heterocycles. The fourth-order valence-corrected chi connectivity index (χ4v) is 3.91. The molecule has 3 atom stereocenters. The summed E-state index contributed by atoms with van der Waals surface area (Å²) in [5.74, 6) is 0.912. The van der Waals surface area contributed by atoms with Crippen LogP contribution in [0.3, 0.4) is 0 Å². The van der Waals surface area contributed by atoms with Crippen LogP contribution >= 0.6 is 0 Å². The Balaban J connectivity index is 1.68. The molecule has 1 aromatic heterocycles. The summed E-state index contributed by atoms with van der Waals surface area (Å²) in [4.78, 5) is 17.8. The van der Waals surface area contributed by atoms with Gasteiger partial charge in [-0.3, -0.25) is 0 Å². The molecule has 29 heavy (non-hydrogen) atoms. The first kappa shape index (κ1) is 19.7. The summed E-state index contributed by atoms with van der Waals surface area (Å²) in [5.41, 5.74) is 18.7. The molecule has 2 saturated heterocycles. The van der Waals surface area contributed by atoms with Gasteiger partial charge in [0.15, 0.2) is 0 Å². The Hall–Kier alpha value is -2.56. The average Bonchev–Trinajstić information content (AvgIpc) is 2.69. The molecule has 156 valence electrons. The van der Waals surface area contributed by atoms with Crippen molar-refractivity contribution in [3.8, 4) is 0 Å². The van der Waals surface area contributed by atoms with E-state index in [-0.39, 0.29) is 29.9 Å². The van der Waals surface area contributed by atoms with Gasteiger partial charge in [0, 0.05) is 44.3 Å². The number of halogens is 1. The molecule has 0 unspecified atom stereocenters. The van der Waals surface area contributed by atoms with Gasteiger partial charge in [-0.2, -0.15) is 15.0 Å². The predicted molar refractivity (Wildman–Crippen MR) is 112 cm³/mol. The van der Waals surface area contributed by atoms with Crippen molar-refractivity contribution in [2.75, 3.05) is 41.3 Å². The van der Waals surface area contributed by atoms with Crippen LogP contribution in [0.15, 0.2) is 24.3 Å². The van der Waals surface area contributed by atoms with Crippen LogP contribution in [0.5, 0.6) is 0 Å². The normalized spacial score (nSPS) is 25.2. The van der Waals surface area contributed by atoms with E-state index in [4.69, 9.17) is 17.2 Å². The lowest BCUT2D eigenvalue weighted by Gasteiger charge is -2.35. The average molecular weight is 401 g/mol. The van der Waals surface area contributed by atoms with Crippen molar-refractivity contribution in [3.63, 3.8) is 0 Å². The number of rotatable bonds is 4. The zero-order valence-electron chi connectivity index (χ0n) is 16.3. The summed E-state index contributed by atoms with van der Waals surface area (Å²) in [6.45, 7) is 2.70. The minimum absolute atomic E-state index is 0.0506. The number of nitrogens with zero attached hydrogens (tertiary/aromatic N) is 5. The number of hydrogen-bond donors (Lipinski definition) is 4. The van der Waals surface area contributed by atoms with Gasteiger partial charge in [-0.15, -0.1) is 0 Å². The molecular weight excluding hydrogens is 373 g/mol. The van der Waals surface area contributed by atoms with E-state index in [1.807, 2.05) is 4.90 Å². The highest BCUT2D eigenvalue weighted by Gasteiger charge is 2.27. The summed E-state index contributed by atoms with van der Waals surface area (Å²) in [6.07, 6.45) is 2.71. The van der Waals surface area contributed by atoms with Gasteiger partial charge in [0.1, 0.15) is 5.82 Å². The maximum atomic E-state index is 14.1. The molecule has 1 aromatic carbocycles. The first-order valence-electron chi connectivity index (χ1n) is 10.0. The topological polar surface area (TPSA) is 135 Å². The van der Waals surface area contributed by atoms with E-state index in [0.717, 1.165) is 25.8 Å². The second-order valence-electron chi connectivity index (χ2n) is 7.87. The zero-order valence-corrected chi connectivity index (χ0v) is 16.3. The molecule has 10 heteroatoms. The highest BCUT2D eigenvalue weighted by Crippen LogP contribution is 2.24. The molecule has 0 bridgehead atoms. The standard InChI is InChI=1S/C19H28FN9/c20-15-5-1-2-6-16(15)24-17-25-18(28-7-3-4-12(21)9-28)27-19(26-17)29-10-13(22)8-14(23)11-29/h1-2,5-6,12-14H,3-4,7-11,21-23H2,(H,24,25,26,27)/t12-,13-,14+/m0/s1. The minimum atomic E-state index is -0.377. The Labute approximate surface area is 169 Å². The van der Waals surface area contributed by atoms with Gasteiger partial charge in [0.05, 0.1) is 5.69 Å². The van der Waals surface area contributed by atoms with Crippen molar-refractivity contribution in [1.29, 1.82) is 0 Å². The van der Waals surface area contributed by atoms with E-state index in [9.17, 15) is 4.39 Å². The molecule has 2 fully saturated rings. The Morgan fingerprint density at radius 2 is 1.55 bits per heavy atom. The van der Waals surface area contributed by atoms with E-state index in [0.29, 0.717) is 37.2 Å². The summed E-state index contributed by atoms with van der Waals surface area (Å²) in [7, 11) is 0. The Bertz CT molecular complexity index is 838. The highest BCUT2D eigenvalue weighted by atomic mass is 19.1.